The third-order valence-electron chi connectivity index (χ3n) is 2.39. The Morgan fingerprint density at radius 1 is 1.43 bits per heavy atom. The molecule has 5 nitrogen and oxygen atoms in total. The lowest BCUT2D eigenvalue weighted by Crippen LogP contribution is -2.33. The summed E-state index contributed by atoms with van der Waals surface area (Å²) in [4.78, 5) is 10.7. The van der Waals surface area contributed by atoms with Crippen molar-refractivity contribution in [3.63, 3.8) is 0 Å². The van der Waals surface area contributed by atoms with Crippen LogP contribution in [0.2, 0.25) is 0 Å². The summed E-state index contributed by atoms with van der Waals surface area (Å²) in [5, 5.41) is 2.57. The van der Waals surface area contributed by atoms with Gasteiger partial charge in [-0.05, 0) is 18.8 Å². The monoisotopic (exact) mass is 221 g/mol. The van der Waals surface area contributed by atoms with Gasteiger partial charge >= 0.3 is 6.09 Å². The van der Waals surface area contributed by atoms with Crippen LogP contribution in [0.5, 0.6) is 0 Å². The lowest BCUT2D eigenvalue weighted by molar-refractivity contribution is 0.168. The molecule has 0 saturated carbocycles. The highest BCUT2D eigenvalue weighted by Gasteiger charge is 2.23. The first kappa shape index (κ1) is 11.3. The molecule has 0 bridgehead atoms. The van der Waals surface area contributed by atoms with Crippen molar-refractivity contribution in [1.82, 2.24) is 5.32 Å². The summed E-state index contributed by atoms with van der Waals surface area (Å²) in [6, 6.07) is 0. The minimum Gasteiger partial charge on any atom is -0.453 e. The molecule has 0 aromatic heterocycles. The number of amides is 1. The summed E-state index contributed by atoms with van der Waals surface area (Å²) in [6.07, 6.45) is 0.803. The van der Waals surface area contributed by atoms with Crippen molar-refractivity contribution < 1.29 is 17.9 Å². The average molecular weight is 221 g/mol. The maximum atomic E-state index is 11.1. The average Bonchev–Trinajstić information content (AvgIpc) is 2.16. The van der Waals surface area contributed by atoms with Gasteiger partial charge in [-0.3, -0.25) is 0 Å². The molecule has 6 heteroatoms. The van der Waals surface area contributed by atoms with E-state index in [4.69, 9.17) is 0 Å². The third-order valence-corrected chi connectivity index (χ3v) is 4.11. The SMILES string of the molecule is COC(=O)NCC1CCS(=O)(=O)CC1. The maximum Gasteiger partial charge on any atom is 0.406 e. The van der Waals surface area contributed by atoms with E-state index in [1.807, 2.05) is 0 Å². The third kappa shape index (κ3) is 3.53. The predicted octanol–water partition coefficient (Wildman–Crippen LogP) is 0.167. The Kier molecular flexibility index (Phi) is 3.74. The molecule has 1 amide bonds. The van der Waals surface area contributed by atoms with Gasteiger partial charge in [0.15, 0.2) is 0 Å². The lowest BCUT2D eigenvalue weighted by atomic mass is 10.0. The van der Waals surface area contributed by atoms with Crippen LogP contribution in [0.25, 0.3) is 0 Å². The molecular formula is C8H15NO4S. The zero-order chi connectivity index (χ0) is 10.6. The Balaban J connectivity index is 2.26. The zero-order valence-corrected chi connectivity index (χ0v) is 8.97. The molecule has 1 rings (SSSR count). The molecular weight excluding hydrogens is 206 g/mol. The van der Waals surface area contributed by atoms with Crippen molar-refractivity contribution in [3.05, 3.63) is 0 Å². The maximum absolute atomic E-state index is 11.1. The number of rotatable bonds is 2. The number of methoxy groups -OCH3 is 1. The molecule has 0 atom stereocenters. The largest absolute Gasteiger partial charge is 0.453 e. The molecule has 1 fully saturated rings. The summed E-state index contributed by atoms with van der Waals surface area (Å²) in [6.45, 7) is 0.502. The summed E-state index contributed by atoms with van der Waals surface area (Å²) in [5.41, 5.74) is 0. The highest BCUT2D eigenvalue weighted by Crippen LogP contribution is 2.17. The van der Waals surface area contributed by atoms with Gasteiger partial charge in [0.2, 0.25) is 0 Å². The van der Waals surface area contributed by atoms with Gasteiger partial charge in [-0.25, -0.2) is 13.2 Å². The standard InChI is InChI=1S/C8H15NO4S/c1-13-8(10)9-6-7-2-4-14(11,12)5-3-7/h7H,2-6H2,1H3,(H,9,10). The molecule has 0 aromatic rings. The summed E-state index contributed by atoms with van der Waals surface area (Å²) in [5.74, 6) is 0.735. The van der Waals surface area contributed by atoms with E-state index in [2.05, 4.69) is 10.1 Å². The molecule has 0 unspecified atom stereocenters. The van der Waals surface area contributed by atoms with Crippen molar-refractivity contribution in [1.29, 1.82) is 0 Å². The predicted molar refractivity (Wildman–Crippen MR) is 51.8 cm³/mol. The van der Waals surface area contributed by atoms with Crippen molar-refractivity contribution in [2.24, 2.45) is 5.92 Å². The molecule has 0 spiro atoms. The molecule has 1 N–H and O–H groups in total. The number of nitrogens with one attached hydrogen (secondary N) is 1. The molecule has 1 saturated heterocycles. The summed E-state index contributed by atoms with van der Waals surface area (Å²) >= 11 is 0. The Morgan fingerprint density at radius 2 is 2.00 bits per heavy atom. The van der Waals surface area contributed by atoms with Crippen LogP contribution in [0, 0.1) is 5.92 Å². The molecule has 0 aromatic carbocycles. The second kappa shape index (κ2) is 4.63. The highest BCUT2D eigenvalue weighted by molar-refractivity contribution is 7.91. The van der Waals surface area contributed by atoms with E-state index >= 15 is 0 Å². The smallest absolute Gasteiger partial charge is 0.406 e. The van der Waals surface area contributed by atoms with Crippen molar-refractivity contribution in [3.8, 4) is 0 Å². The molecule has 1 aliphatic heterocycles. The van der Waals surface area contributed by atoms with E-state index in [0.717, 1.165) is 0 Å². The number of alkyl carbamates (subject to hydrolysis) is 1. The van der Waals surface area contributed by atoms with Gasteiger partial charge < -0.3 is 10.1 Å². The minimum atomic E-state index is -2.80. The van der Waals surface area contributed by atoms with E-state index in [9.17, 15) is 13.2 Å². The van der Waals surface area contributed by atoms with Gasteiger partial charge in [0.05, 0.1) is 18.6 Å². The number of sulfone groups is 1. The van der Waals surface area contributed by atoms with Crippen LogP contribution < -0.4 is 5.32 Å². The van der Waals surface area contributed by atoms with Gasteiger partial charge in [0.25, 0.3) is 0 Å². The number of ether oxygens (including phenoxy) is 1. The molecule has 1 aliphatic rings. The van der Waals surface area contributed by atoms with Crippen LogP contribution >= 0.6 is 0 Å². The Hall–Kier alpha value is -0.780. The first-order chi connectivity index (χ1) is 6.53. The van der Waals surface area contributed by atoms with E-state index in [1.165, 1.54) is 7.11 Å². The second-order valence-corrected chi connectivity index (χ2v) is 5.77. The number of hydrogen-bond donors (Lipinski definition) is 1. The quantitative estimate of drug-likeness (QED) is 0.721. The number of carbonyl (C=O) groups is 1. The van der Waals surface area contributed by atoms with E-state index in [0.29, 0.717) is 19.4 Å². The fourth-order valence-corrected chi connectivity index (χ4v) is 3.03. The first-order valence-electron chi connectivity index (χ1n) is 4.56. The Morgan fingerprint density at radius 3 is 2.50 bits per heavy atom. The zero-order valence-electron chi connectivity index (χ0n) is 8.15. The number of hydrogen-bond acceptors (Lipinski definition) is 4. The topological polar surface area (TPSA) is 72.5 Å². The van der Waals surface area contributed by atoms with E-state index in [1.54, 1.807) is 0 Å². The van der Waals surface area contributed by atoms with Gasteiger partial charge in [0.1, 0.15) is 9.84 Å². The van der Waals surface area contributed by atoms with Crippen molar-refractivity contribution in [2.45, 2.75) is 12.8 Å². The van der Waals surface area contributed by atoms with Gasteiger partial charge in [0, 0.05) is 6.54 Å². The van der Waals surface area contributed by atoms with Crippen LogP contribution in [0.3, 0.4) is 0 Å². The minimum absolute atomic E-state index is 0.237. The fraction of sp³-hybridized carbons (Fsp3) is 0.875. The Bertz CT molecular complexity index is 284. The Labute approximate surface area is 83.7 Å². The van der Waals surface area contributed by atoms with Crippen molar-refractivity contribution >= 4 is 15.9 Å². The fourth-order valence-electron chi connectivity index (χ4n) is 1.44. The van der Waals surface area contributed by atoms with Crippen LogP contribution in [-0.2, 0) is 14.6 Å². The molecule has 0 radical (unpaired) electrons. The summed E-state index contributed by atoms with van der Waals surface area (Å²) in [7, 11) is -1.50. The highest BCUT2D eigenvalue weighted by atomic mass is 32.2. The second-order valence-electron chi connectivity index (χ2n) is 3.47. The summed E-state index contributed by atoms with van der Waals surface area (Å²) < 4.78 is 26.6. The van der Waals surface area contributed by atoms with E-state index in [-0.39, 0.29) is 17.4 Å². The van der Waals surface area contributed by atoms with Gasteiger partial charge in [-0.2, -0.15) is 0 Å². The lowest BCUT2D eigenvalue weighted by Gasteiger charge is -2.21. The normalized spacial score (nSPS) is 21.5. The van der Waals surface area contributed by atoms with Gasteiger partial charge in [-0.1, -0.05) is 0 Å². The van der Waals surface area contributed by atoms with Crippen LogP contribution in [0.15, 0.2) is 0 Å². The van der Waals surface area contributed by atoms with Crippen molar-refractivity contribution in [2.75, 3.05) is 25.2 Å². The van der Waals surface area contributed by atoms with Gasteiger partial charge in [-0.15, -0.1) is 0 Å². The molecule has 1 heterocycles. The van der Waals surface area contributed by atoms with Crippen LogP contribution in [0.4, 0.5) is 4.79 Å². The first-order valence-corrected chi connectivity index (χ1v) is 6.38. The number of carbonyl (C=O) groups excluding carboxylic acids is 1. The molecule has 82 valence electrons. The van der Waals surface area contributed by atoms with Crippen LogP contribution in [0.1, 0.15) is 12.8 Å². The van der Waals surface area contributed by atoms with E-state index < -0.39 is 15.9 Å². The van der Waals surface area contributed by atoms with Crippen LogP contribution in [-0.4, -0.2) is 39.7 Å². The molecule has 0 aliphatic carbocycles. The molecule has 14 heavy (non-hydrogen) atoms.